The van der Waals surface area contributed by atoms with Crippen LogP contribution in [0.4, 0.5) is 4.39 Å². The fourth-order valence-corrected chi connectivity index (χ4v) is 2.96. The highest BCUT2D eigenvalue weighted by Gasteiger charge is 2.40. The maximum absolute atomic E-state index is 12.9. The lowest BCUT2D eigenvalue weighted by Gasteiger charge is -2.33. The zero-order chi connectivity index (χ0) is 11.6. The number of hydrogen-bond acceptors (Lipinski definition) is 1. The summed E-state index contributed by atoms with van der Waals surface area (Å²) >= 11 is 0. The Morgan fingerprint density at radius 2 is 1.88 bits per heavy atom. The third kappa shape index (κ3) is 1.86. The summed E-state index contributed by atoms with van der Waals surface area (Å²) in [5, 5.41) is 3.48. The number of halogens is 1. The Bertz CT molecular complexity index is 340. The Hall–Kier alpha value is -0.890. The molecule has 1 aromatic rings. The molecule has 1 nitrogen and oxygen atoms in total. The van der Waals surface area contributed by atoms with Crippen LogP contribution < -0.4 is 5.32 Å². The van der Waals surface area contributed by atoms with Crippen molar-refractivity contribution in [1.82, 2.24) is 5.32 Å². The average molecular weight is 221 g/mol. The van der Waals surface area contributed by atoms with Gasteiger partial charge in [0.05, 0.1) is 0 Å². The number of nitrogens with one attached hydrogen (secondary N) is 1. The first-order valence-electron chi connectivity index (χ1n) is 6.18. The van der Waals surface area contributed by atoms with Gasteiger partial charge in [0.2, 0.25) is 0 Å². The summed E-state index contributed by atoms with van der Waals surface area (Å²) in [4.78, 5) is 0. The van der Waals surface area contributed by atoms with Crippen LogP contribution in [0.15, 0.2) is 24.3 Å². The van der Waals surface area contributed by atoms with Gasteiger partial charge in [0, 0.05) is 19.0 Å². The summed E-state index contributed by atoms with van der Waals surface area (Å²) in [5.74, 6) is 0.386. The minimum absolute atomic E-state index is 0.145. The van der Waals surface area contributed by atoms with Crippen LogP contribution >= 0.6 is 0 Å². The summed E-state index contributed by atoms with van der Waals surface area (Å²) < 4.78 is 12.9. The normalized spacial score (nSPS) is 23.6. The average Bonchev–Trinajstić information content (AvgIpc) is 2.74. The molecule has 1 fully saturated rings. The molecule has 0 unspecified atom stereocenters. The van der Waals surface area contributed by atoms with Crippen molar-refractivity contribution in [1.29, 1.82) is 0 Å². The molecule has 1 saturated heterocycles. The molecule has 0 bridgehead atoms. The molecule has 0 aliphatic carbocycles. The number of hydrogen-bond donors (Lipinski definition) is 1. The minimum Gasteiger partial charge on any atom is -0.316 e. The molecule has 2 rings (SSSR count). The Kier molecular flexibility index (Phi) is 3.29. The first kappa shape index (κ1) is 11.6. The van der Waals surface area contributed by atoms with Crippen LogP contribution in [0.3, 0.4) is 0 Å². The molecule has 0 spiro atoms. The highest BCUT2D eigenvalue weighted by Crippen LogP contribution is 2.44. The van der Waals surface area contributed by atoms with Gasteiger partial charge in [-0.15, -0.1) is 0 Å². The molecular formula is C14H20FN. The molecule has 1 heterocycles. The topological polar surface area (TPSA) is 12.0 Å². The molecule has 0 radical (unpaired) electrons. The quantitative estimate of drug-likeness (QED) is 0.825. The molecule has 1 atom stereocenters. The first-order valence-corrected chi connectivity index (χ1v) is 6.18. The van der Waals surface area contributed by atoms with Crippen LogP contribution in [0.1, 0.15) is 38.2 Å². The fraction of sp³-hybridized carbons (Fsp3) is 0.571. The molecule has 1 aliphatic rings. The van der Waals surface area contributed by atoms with Gasteiger partial charge in [-0.1, -0.05) is 26.0 Å². The van der Waals surface area contributed by atoms with Crippen molar-refractivity contribution in [2.75, 3.05) is 13.1 Å². The van der Waals surface area contributed by atoms with Gasteiger partial charge in [0.1, 0.15) is 5.82 Å². The summed E-state index contributed by atoms with van der Waals surface area (Å²) in [5.41, 5.74) is 1.63. The SMILES string of the molecule is CCC1(CC)CNC[C@@H]1c1ccc(F)cc1. The molecule has 0 amide bonds. The van der Waals surface area contributed by atoms with Gasteiger partial charge >= 0.3 is 0 Å². The van der Waals surface area contributed by atoms with Gasteiger partial charge in [-0.05, 0) is 36.0 Å². The van der Waals surface area contributed by atoms with Crippen molar-refractivity contribution in [3.05, 3.63) is 35.6 Å². The predicted octanol–water partition coefficient (Wildman–Crippen LogP) is 3.32. The van der Waals surface area contributed by atoms with Gasteiger partial charge < -0.3 is 5.32 Å². The maximum atomic E-state index is 12.9. The summed E-state index contributed by atoms with van der Waals surface area (Å²) in [6.45, 7) is 6.62. The molecule has 16 heavy (non-hydrogen) atoms. The van der Waals surface area contributed by atoms with Crippen molar-refractivity contribution in [3.63, 3.8) is 0 Å². The molecule has 0 aromatic heterocycles. The largest absolute Gasteiger partial charge is 0.316 e. The van der Waals surface area contributed by atoms with E-state index in [1.165, 1.54) is 18.4 Å². The zero-order valence-electron chi connectivity index (χ0n) is 10.1. The zero-order valence-corrected chi connectivity index (χ0v) is 10.1. The molecule has 1 N–H and O–H groups in total. The fourth-order valence-electron chi connectivity index (χ4n) is 2.96. The third-order valence-electron chi connectivity index (χ3n) is 4.25. The van der Waals surface area contributed by atoms with E-state index in [9.17, 15) is 4.39 Å². The molecule has 0 saturated carbocycles. The Balaban J connectivity index is 2.29. The van der Waals surface area contributed by atoms with Gasteiger partial charge in [0.25, 0.3) is 0 Å². The van der Waals surface area contributed by atoms with Crippen molar-refractivity contribution < 1.29 is 4.39 Å². The lowest BCUT2D eigenvalue weighted by Crippen LogP contribution is -2.27. The van der Waals surface area contributed by atoms with Crippen LogP contribution in [-0.2, 0) is 0 Å². The molecule has 2 heteroatoms. The van der Waals surface area contributed by atoms with Crippen LogP contribution in [0.5, 0.6) is 0 Å². The van der Waals surface area contributed by atoms with E-state index in [2.05, 4.69) is 19.2 Å². The van der Waals surface area contributed by atoms with E-state index in [0.29, 0.717) is 11.3 Å². The Morgan fingerprint density at radius 3 is 2.44 bits per heavy atom. The van der Waals surface area contributed by atoms with E-state index >= 15 is 0 Å². The molecule has 1 aromatic carbocycles. The van der Waals surface area contributed by atoms with E-state index in [0.717, 1.165) is 13.1 Å². The lowest BCUT2D eigenvalue weighted by molar-refractivity contribution is 0.260. The highest BCUT2D eigenvalue weighted by molar-refractivity contribution is 5.25. The smallest absolute Gasteiger partial charge is 0.123 e. The second kappa shape index (κ2) is 4.54. The number of rotatable bonds is 3. The van der Waals surface area contributed by atoms with E-state index in [-0.39, 0.29) is 5.82 Å². The monoisotopic (exact) mass is 221 g/mol. The van der Waals surface area contributed by atoms with Crippen molar-refractivity contribution in [3.8, 4) is 0 Å². The standard InChI is InChI=1S/C14H20FN/c1-3-14(4-2)10-16-9-13(14)11-5-7-12(15)8-6-11/h5-8,13,16H,3-4,9-10H2,1-2H3/t13-/m1/s1. The van der Waals surface area contributed by atoms with Crippen LogP contribution in [0, 0.1) is 11.2 Å². The Labute approximate surface area is 97.1 Å². The number of benzene rings is 1. The van der Waals surface area contributed by atoms with Crippen molar-refractivity contribution in [2.24, 2.45) is 5.41 Å². The van der Waals surface area contributed by atoms with Crippen LogP contribution in [0.2, 0.25) is 0 Å². The second-order valence-electron chi connectivity index (χ2n) is 4.80. The lowest BCUT2D eigenvalue weighted by atomic mass is 9.71. The van der Waals surface area contributed by atoms with Crippen molar-refractivity contribution in [2.45, 2.75) is 32.6 Å². The minimum atomic E-state index is -0.145. The molecule has 1 aliphatic heterocycles. The van der Waals surface area contributed by atoms with Gasteiger partial charge in [-0.2, -0.15) is 0 Å². The van der Waals surface area contributed by atoms with Crippen molar-refractivity contribution >= 4 is 0 Å². The van der Waals surface area contributed by atoms with E-state index in [4.69, 9.17) is 0 Å². The van der Waals surface area contributed by atoms with Gasteiger partial charge in [-0.3, -0.25) is 0 Å². The first-order chi connectivity index (χ1) is 7.72. The van der Waals surface area contributed by atoms with Gasteiger partial charge in [0.15, 0.2) is 0 Å². The molecule has 88 valence electrons. The Morgan fingerprint density at radius 1 is 1.25 bits per heavy atom. The van der Waals surface area contributed by atoms with Gasteiger partial charge in [-0.25, -0.2) is 4.39 Å². The van der Waals surface area contributed by atoms with Crippen LogP contribution in [-0.4, -0.2) is 13.1 Å². The van der Waals surface area contributed by atoms with E-state index in [1.54, 1.807) is 12.1 Å². The maximum Gasteiger partial charge on any atom is 0.123 e. The van der Waals surface area contributed by atoms with Crippen LogP contribution in [0.25, 0.3) is 0 Å². The predicted molar refractivity (Wildman–Crippen MR) is 65.0 cm³/mol. The molecular weight excluding hydrogens is 201 g/mol. The highest BCUT2D eigenvalue weighted by atomic mass is 19.1. The summed E-state index contributed by atoms with van der Waals surface area (Å²) in [6.07, 6.45) is 2.36. The summed E-state index contributed by atoms with van der Waals surface area (Å²) in [6, 6.07) is 7.02. The second-order valence-corrected chi connectivity index (χ2v) is 4.80. The summed E-state index contributed by atoms with van der Waals surface area (Å²) in [7, 11) is 0. The van der Waals surface area contributed by atoms with E-state index in [1.807, 2.05) is 12.1 Å². The van der Waals surface area contributed by atoms with E-state index < -0.39 is 0 Å². The third-order valence-corrected chi connectivity index (χ3v) is 4.25.